The van der Waals surface area contributed by atoms with E-state index in [0.717, 1.165) is 28.0 Å². The van der Waals surface area contributed by atoms with Crippen LogP contribution in [0.15, 0.2) is 30.6 Å². The van der Waals surface area contributed by atoms with E-state index in [2.05, 4.69) is 26.3 Å². The Bertz CT molecular complexity index is 745. The van der Waals surface area contributed by atoms with Crippen LogP contribution in [0.2, 0.25) is 0 Å². The van der Waals surface area contributed by atoms with Crippen LogP contribution in [0.5, 0.6) is 0 Å². The van der Waals surface area contributed by atoms with Crippen molar-refractivity contribution < 1.29 is 0 Å². The molecule has 3 aromatic heterocycles. The molecular weight excluding hydrogens is 238 g/mol. The van der Waals surface area contributed by atoms with Crippen molar-refractivity contribution in [2.45, 2.75) is 6.92 Å². The standard InChI is InChI=1S/C14H15N5/c1-9-8-12(18-14(15-2)17-9)10-4-6-16-13-11(10)5-7-19(13)3/h4-8H,1-3H3,(H,15,17,18). The number of anilines is 1. The highest BCUT2D eigenvalue weighted by molar-refractivity contribution is 5.92. The van der Waals surface area contributed by atoms with Crippen LogP contribution in [0, 0.1) is 6.92 Å². The molecule has 3 heterocycles. The molecule has 0 atom stereocenters. The van der Waals surface area contributed by atoms with Gasteiger partial charge in [-0.1, -0.05) is 0 Å². The number of aryl methyl sites for hydroxylation is 2. The number of hydrogen-bond acceptors (Lipinski definition) is 4. The Labute approximate surface area is 111 Å². The van der Waals surface area contributed by atoms with Gasteiger partial charge in [-0.2, -0.15) is 0 Å². The minimum atomic E-state index is 0.635. The number of rotatable bonds is 2. The third-order valence-electron chi connectivity index (χ3n) is 3.12. The van der Waals surface area contributed by atoms with Gasteiger partial charge in [0.2, 0.25) is 5.95 Å². The first-order valence-electron chi connectivity index (χ1n) is 6.13. The second kappa shape index (κ2) is 4.35. The largest absolute Gasteiger partial charge is 0.357 e. The summed E-state index contributed by atoms with van der Waals surface area (Å²) in [6, 6.07) is 6.04. The van der Waals surface area contributed by atoms with E-state index in [4.69, 9.17) is 0 Å². The van der Waals surface area contributed by atoms with E-state index in [0.29, 0.717) is 5.95 Å². The number of aromatic nitrogens is 4. The summed E-state index contributed by atoms with van der Waals surface area (Å²) in [5, 5.41) is 4.09. The highest BCUT2D eigenvalue weighted by Gasteiger charge is 2.10. The molecule has 96 valence electrons. The lowest BCUT2D eigenvalue weighted by molar-refractivity contribution is 0.948. The van der Waals surface area contributed by atoms with Gasteiger partial charge in [-0.25, -0.2) is 15.0 Å². The van der Waals surface area contributed by atoms with E-state index in [1.807, 2.05) is 50.1 Å². The minimum absolute atomic E-state index is 0.635. The van der Waals surface area contributed by atoms with Gasteiger partial charge in [-0.05, 0) is 25.1 Å². The van der Waals surface area contributed by atoms with Crippen LogP contribution in [0.4, 0.5) is 5.95 Å². The summed E-state index contributed by atoms with van der Waals surface area (Å²) in [7, 11) is 3.81. The highest BCUT2D eigenvalue weighted by Crippen LogP contribution is 2.27. The normalized spacial score (nSPS) is 10.9. The van der Waals surface area contributed by atoms with Crippen molar-refractivity contribution in [1.29, 1.82) is 0 Å². The van der Waals surface area contributed by atoms with Gasteiger partial charge in [-0.3, -0.25) is 0 Å². The lowest BCUT2D eigenvalue weighted by atomic mass is 10.1. The van der Waals surface area contributed by atoms with E-state index < -0.39 is 0 Å². The van der Waals surface area contributed by atoms with Gasteiger partial charge in [0.05, 0.1) is 5.69 Å². The monoisotopic (exact) mass is 253 g/mol. The summed E-state index contributed by atoms with van der Waals surface area (Å²) in [5.41, 5.74) is 3.89. The lowest BCUT2D eigenvalue weighted by Crippen LogP contribution is -1.99. The van der Waals surface area contributed by atoms with E-state index in [-0.39, 0.29) is 0 Å². The maximum absolute atomic E-state index is 4.52. The topological polar surface area (TPSA) is 55.6 Å². The van der Waals surface area contributed by atoms with Crippen molar-refractivity contribution in [3.63, 3.8) is 0 Å². The zero-order chi connectivity index (χ0) is 13.4. The number of nitrogens with zero attached hydrogens (tertiary/aromatic N) is 4. The van der Waals surface area contributed by atoms with Crippen molar-refractivity contribution in [3.8, 4) is 11.3 Å². The molecule has 0 aliphatic carbocycles. The smallest absolute Gasteiger partial charge is 0.223 e. The number of nitrogens with one attached hydrogen (secondary N) is 1. The molecule has 0 aromatic carbocycles. The Morgan fingerprint density at radius 2 is 2.05 bits per heavy atom. The predicted molar refractivity (Wildman–Crippen MR) is 76.0 cm³/mol. The molecule has 5 heteroatoms. The molecule has 0 aliphatic rings. The van der Waals surface area contributed by atoms with Gasteiger partial charge in [0.25, 0.3) is 0 Å². The molecule has 3 aromatic rings. The maximum atomic E-state index is 4.52. The van der Waals surface area contributed by atoms with Gasteiger partial charge in [0, 0.05) is 43.1 Å². The minimum Gasteiger partial charge on any atom is -0.357 e. The lowest BCUT2D eigenvalue weighted by Gasteiger charge is -2.07. The number of fused-ring (bicyclic) bond motifs is 1. The second-order valence-corrected chi connectivity index (χ2v) is 4.49. The van der Waals surface area contributed by atoms with Crippen LogP contribution in [0.3, 0.4) is 0 Å². The molecule has 19 heavy (non-hydrogen) atoms. The van der Waals surface area contributed by atoms with Crippen LogP contribution in [0.1, 0.15) is 5.69 Å². The summed E-state index contributed by atoms with van der Waals surface area (Å²) < 4.78 is 2.01. The first-order valence-corrected chi connectivity index (χ1v) is 6.13. The van der Waals surface area contributed by atoms with Crippen LogP contribution in [-0.2, 0) is 7.05 Å². The van der Waals surface area contributed by atoms with Crippen molar-refractivity contribution in [3.05, 3.63) is 36.3 Å². The summed E-state index contributed by atoms with van der Waals surface area (Å²) in [6.45, 7) is 1.97. The van der Waals surface area contributed by atoms with Crippen molar-refractivity contribution in [2.75, 3.05) is 12.4 Å². The fourth-order valence-corrected chi connectivity index (χ4v) is 2.21. The molecule has 0 aliphatic heterocycles. The van der Waals surface area contributed by atoms with Gasteiger partial charge < -0.3 is 9.88 Å². The summed E-state index contributed by atoms with van der Waals surface area (Å²) in [5.74, 6) is 0.635. The van der Waals surface area contributed by atoms with Crippen LogP contribution >= 0.6 is 0 Å². The highest BCUT2D eigenvalue weighted by atomic mass is 15.1. The summed E-state index contributed by atoms with van der Waals surface area (Å²) in [4.78, 5) is 13.2. The van der Waals surface area contributed by atoms with Crippen LogP contribution < -0.4 is 5.32 Å². The molecule has 0 unspecified atom stereocenters. The van der Waals surface area contributed by atoms with Gasteiger partial charge >= 0.3 is 0 Å². The van der Waals surface area contributed by atoms with Crippen LogP contribution in [-0.4, -0.2) is 26.6 Å². The Balaban J connectivity index is 2.27. The molecule has 1 N–H and O–H groups in total. The average molecular weight is 253 g/mol. The fraction of sp³-hybridized carbons (Fsp3) is 0.214. The maximum Gasteiger partial charge on any atom is 0.223 e. The molecule has 0 spiro atoms. The Morgan fingerprint density at radius 1 is 1.21 bits per heavy atom. The molecule has 0 saturated carbocycles. The first-order chi connectivity index (χ1) is 9.19. The second-order valence-electron chi connectivity index (χ2n) is 4.49. The Kier molecular flexibility index (Phi) is 2.67. The third kappa shape index (κ3) is 1.93. The molecule has 5 nitrogen and oxygen atoms in total. The zero-order valence-electron chi connectivity index (χ0n) is 11.2. The van der Waals surface area contributed by atoms with Crippen molar-refractivity contribution >= 4 is 17.0 Å². The van der Waals surface area contributed by atoms with E-state index >= 15 is 0 Å². The van der Waals surface area contributed by atoms with E-state index in [1.54, 1.807) is 0 Å². The third-order valence-corrected chi connectivity index (χ3v) is 3.12. The summed E-state index contributed by atoms with van der Waals surface area (Å²) in [6.07, 6.45) is 3.82. The molecule has 3 rings (SSSR count). The van der Waals surface area contributed by atoms with E-state index in [9.17, 15) is 0 Å². The number of hydrogen-bond donors (Lipinski definition) is 1. The number of pyridine rings is 1. The van der Waals surface area contributed by atoms with Crippen molar-refractivity contribution in [2.24, 2.45) is 7.05 Å². The zero-order valence-corrected chi connectivity index (χ0v) is 11.2. The molecule has 0 radical (unpaired) electrons. The van der Waals surface area contributed by atoms with Gasteiger partial charge in [0.1, 0.15) is 5.65 Å². The SMILES string of the molecule is CNc1nc(C)cc(-c2ccnc3c2ccn3C)n1. The molecular formula is C14H15N5. The first kappa shape index (κ1) is 11.6. The molecule has 0 bridgehead atoms. The van der Waals surface area contributed by atoms with Gasteiger partial charge in [-0.15, -0.1) is 0 Å². The molecule has 0 fully saturated rings. The van der Waals surface area contributed by atoms with Gasteiger partial charge in [0.15, 0.2) is 0 Å². The van der Waals surface area contributed by atoms with Crippen molar-refractivity contribution in [1.82, 2.24) is 19.5 Å². The predicted octanol–water partition coefficient (Wildman–Crippen LogP) is 2.38. The Morgan fingerprint density at radius 3 is 2.84 bits per heavy atom. The average Bonchev–Trinajstić information content (AvgIpc) is 2.80. The fourth-order valence-electron chi connectivity index (χ4n) is 2.21. The molecule has 0 amide bonds. The van der Waals surface area contributed by atoms with Crippen LogP contribution in [0.25, 0.3) is 22.3 Å². The quantitative estimate of drug-likeness (QED) is 0.762. The summed E-state index contributed by atoms with van der Waals surface area (Å²) >= 11 is 0. The molecule has 0 saturated heterocycles. The Hall–Kier alpha value is -2.43. The van der Waals surface area contributed by atoms with E-state index in [1.165, 1.54) is 0 Å².